The lowest BCUT2D eigenvalue weighted by molar-refractivity contribution is -0.140. The number of amides is 4. The highest BCUT2D eigenvalue weighted by atomic mass is 19.4. The summed E-state index contributed by atoms with van der Waals surface area (Å²) in [7, 11) is 0. The van der Waals surface area contributed by atoms with Crippen LogP contribution in [-0.4, -0.2) is 33.0 Å². The Morgan fingerprint density at radius 3 is 2.54 bits per heavy atom. The Kier molecular flexibility index (Phi) is 4.94. The highest BCUT2D eigenvalue weighted by Gasteiger charge is 2.52. The van der Waals surface area contributed by atoms with Crippen LogP contribution in [-0.2, 0) is 22.3 Å². The second-order valence-electron chi connectivity index (χ2n) is 7.22. The van der Waals surface area contributed by atoms with Gasteiger partial charge >= 0.3 is 12.2 Å². The molecule has 1 spiro atoms. The standard InChI is InChI=1S/C17H19F3N4O4/c1-10-4-6-16(7-5-10)14(27)24(15(28)21-16)22-12(25)9-23-8-2-3-11(13(23)26)17(18,19)20/h2-3,8,10H,4-7,9H2,1H3,(H,21,28)(H,22,25). The maximum Gasteiger partial charge on any atom is 0.421 e. The van der Waals surface area contributed by atoms with Crippen LogP contribution < -0.4 is 16.3 Å². The van der Waals surface area contributed by atoms with Crippen LogP contribution in [0, 0.1) is 5.92 Å². The molecular formula is C17H19F3N4O4. The molecule has 1 aliphatic carbocycles. The zero-order valence-electron chi connectivity index (χ0n) is 15.0. The molecule has 0 bridgehead atoms. The summed E-state index contributed by atoms with van der Waals surface area (Å²) < 4.78 is 39.0. The van der Waals surface area contributed by atoms with Crippen LogP contribution in [0.3, 0.4) is 0 Å². The maximum absolute atomic E-state index is 12.8. The van der Waals surface area contributed by atoms with E-state index in [0.717, 1.165) is 25.1 Å². The molecule has 1 aliphatic heterocycles. The van der Waals surface area contributed by atoms with Gasteiger partial charge in [0.2, 0.25) is 0 Å². The van der Waals surface area contributed by atoms with Crippen LogP contribution >= 0.6 is 0 Å². The van der Waals surface area contributed by atoms with E-state index in [4.69, 9.17) is 0 Å². The van der Waals surface area contributed by atoms with Crippen LogP contribution in [0.5, 0.6) is 0 Å². The van der Waals surface area contributed by atoms with E-state index in [2.05, 4.69) is 10.7 Å². The third-order valence-corrected chi connectivity index (χ3v) is 5.17. The summed E-state index contributed by atoms with van der Waals surface area (Å²) in [6, 6.07) is 0.801. The summed E-state index contributed by atoms with van der Waals surface area (Å²) in [4.78, 5) is 48.9. The number of carbonyl (C=O) groups excluding carboxylic acids is 3. The molecule has 4 amide bonds. The first-order chi connectivity index (χ1) is 13.0. The molecule has 11 heteroatoms. The first-order valence-corrected chi connectivity index (χ1v) is 8.76. The molecule has 1 saturated carbocycles. The van der Waals surface area contributed by atoms with Crippen LogP contribution in [0.15, 0.2) is 23.1 Å². The third-order valence-electron chi connectivity index (χ3n) is 5.17. The zero-order chi connectivity index (χ0) is 20.7. The maximum atomic E-state index is 12.8. The molecule has 2 aliphatic rings. The van der Waals surface area contributed by atoms with Crippen molar-refractivity contribution in [2.24, 2.45) is 5.92 Å². The summed E-state index contributed by atoms with van der Waals surface area (Å²) in [6.45, 7) is 1.27. The van der Waals surface area contributed by atoms with Crippen molar-refractivity contribution in [3.8, 4) is 0 Å². The molecule has 28 heavy (non-hydrogen) atoms. The Morgan fingerprint density at radius 1 is 1.29 bits per heavy atom. The topological polar surface area (TPSA) is 101 Å². The van der Waals surface area contributed by atoms with Gasteiger partial charge in [-0.15, -0.1) is 0 Å². The lowest BCUT2D eigenvalue weighted by atomic mass is 9.77. The Bertz CT molecular complexity index is 872. The number of hydrogen-bond donors (Lipinski definition) is 2. The van der Waals surface area contributed by atoms with E-state index in [0.29, 0.717) is 34.4 Å². The number of carbonyl (C=O) groups is 3. The Labute approximate surface area is 157 Å². The lowest BCUT2D eigenvalue weighted by Gasteiger charge is -2.33. The van der Waals surface area contributed by atoms with Gasteiger partial charge in [-0.2, -0.15) is 18.2 Å². The summed E-state index contributed by atoms with van der Waals surface area (Å²) in [5, 5.41) is 3.14. The fourth-order valence-electron chi connectivity index (χ4n) is 3.51. The normalized spacial score (nSPS) is 25.1. The highest BCUT2D eigenvalue weighted by molar-refractivity contribution is 6.08. The van der Waals surface area contributed by atoms with E-state index < -0.39 is 47.2 Å². The number of hydrogen-bond acceptors (Lipinski definition) is 4. The summed E-state index contributed by atoms with van der Waals surface area (Å²) in [5.74, 6) is -1.15. The highest BCUT2D eigenvalue weighted by Crippen LogP contribution is 2.35. The molecule has 0 unspecified atom stereocenters. The van der Waals surface area contributed by atoms with Gasteiger partial charge in [0.1, 0.15) is 17.6 Å². The second-order valence-corrected chi connectivity index (χ2v) is 7.22. The summed E-state index contributed by atoms with van der Waals surface area (Å²) in [5.41, 5.74) is -1.78. The number of aromatic nitrogens is 1. The smallest absolute Gasteiger partial charge is 0.322 e. The number of rotatable bonds is 3. The van der Waals surface area contributed by atoms with Gasteiger partial charge in [-0.25, -0.2) is 4.79 Å². The summed E-state index contributed by atoms with van der Waals surface area (Å²) in [6.07, 6.45) is -1.46. The molecule has 0 atom stereocenters. The molecule has 2 N–H and O–H groups in total. The number of hydrazine groups is 1. The number of halogens is 3. The molecule has 0 radical (unpaired) electrons. The Balaban J connectivity index is 1.71. The first kappa shape index (κ1) is 19.9. The Morgan fingerprint density at radius 2 is 1.93 bits per heavy atom. The van der Waals surface area contributed by atoms with Crippen LogP contribution in [0.1, 0.15) is 38.2 Å². The molecule has 3 rings (SSSR count). The average Bonchev–Trinajstić information content (AvgIpc) is 2.83. The number of nitrogens with zero attached hydrogens (tertiary/aromatic N) is 2. The van der Waals surface area contributed by atoms with E-state index >= 15 is 0 Å². The fraction of sp³-hybridized carbons (Fsp3) is 0.529. The minimum atomic E-state index is -4.86. The molecule has 152 valence electrons. The van der Waals surface area contributed by atoms with E-state index in [9.17, 15) is 32.3 Å². The van der Waals surface area contributed by atoms with Gasteiger partial charge < -0.3 is 9.88 Å². The molecule has 1 aromatic heterocycles. The van der Waals surface area contributed by atoms with E-state index in [1.807, 2.05) is 6.92 Å². The number of nitrogens with one attached hydrogen (secondary N) is 2. The molecular weight excluding hydrogens is 381 g/mol. The van der Waals surface area contributed by atoms with Gasteiger partial charge in [-0.05, 0) is 43.7 Å². The number of imide groups is 1. The monoisotopic (exact) mass is 400 g/mol. The zero-order valence-corrected chi connectivity index (χ0v) is 15.0. The van der Waals surface area contributed by atoms with E-state index in [1.54, 1.807) is 0 Å². The van der Waals surface area contributed by atoms with Crippen molar-refractivity contribution < 1.29 is 27.6 Å². The average molecular weight is 400 g/mol. The molecule has 2 heterocycles. The van der Waals surface area contributed by atoms with Gasteiger partial charge in [0.05, 0.1) is 0 Å². The molecule has 8 nitrogen and oxygen atoms in total. The second kappa shape index (κ2) is 6.95. The quantitative estimate of drug-likeness (QED) is 0.749. The summed E-state index contributed by atoms with van der Waals surface area (Å²) >= 11 is 0. The number of alkyl halides is 3. The van der Waals surface area contributed by atoms with Crippen molar-refractivity contribution in [1.29, 1.82) is 0 Å². The predicted molar refractivity (Wildman–Crippen MR) is 89.6 cm³/mol. The number of urea groups is 1. The van der Waals surface area contributed by atoms with Crippen molar-refractivity contribution >= 4 is 17.8 Å². The SMILES string of the molecule is CC1CCC2(CC1)NC(=O)N(NC(=O)Cn1cccc(C(F)(F)F)c1=O)C2=O. The van der Waals surface area contributed by atoms with Crippen LogP contribution in [0.2, 0.25) is 0 Å². The van der Waals surface area contributed by atoms with E-state index in [-0.39, 0.29) is 0 Å². The van der Waals surface area contributed by atoms with Crippen molar-refractivity contribution in [2.45, 2.75) is 50.9 Å². The fourth-order valence-corrected chi connectivity index (χ4v) is 3.51. The van der Waals surface area contributed by atoms with Gasteiger partial charge in [-0.1, -0.05) is 6.92 Å². The Hall–Kier alpha value is -2.85. The molecule has 1 saturated heterocycles. The van der Waals surface area contributed by atoms with Crippen LogP contribution in [0.4, 0.5) is 18.0 Å². The minimum absolute atomic E-state index is 0.423. The third kappa shape index (κ3) is 3.60. The van der Waals surface area contributed by atoms with Gasteiger partial charge in [-0.3, -0.25) is 19.8 Å². The van der Waals surface area contributed by atoms with E-state index in [1.165, 1.54) is 0 Å². The minimum Gasteiger partial charge on any atom is -0.322 e. The van der Waals surface area contributed by atoms with Gasteiger partial charge in [0.15, 0.2) is 0 Å². The lowest BCUT2D eigenvalue weighted by Crippen LogP contribution is -2.52. The molecule has 0 aromatic carbocycles. The largest absolute Gasteiger partial charge is 0.421 e. The van der Waals surface area contributed by atoms with Crippen molar-refractivity contribution in [3.63, 3.8) is 0 Å². The predicted octanol–water partition coefficient (Wildman–Crippen LogP) is 1.40. The van der Waals surface area contributed by atoms with Gasteiger partial charge in [0, 0.05) is 6.20 Å². The van der Waals surface area contributed by atoms with Crippen molar-refractivity contribution in [2.75, 3.05) is 0 Å². The van der Waals surface area contributed by atoms with Crippen molar-refractivity contribution in [3.05, 3.63) is 34.2 Å². The first-order valence-electron chi connectivity index (χ1n) is 8.76. The number of pyridine rings is 1. The van der Waals surface area contributed by atoms with Crippen LogP contribution in [0.25, 0.3) is 0 Å². The van der Waals surface area contributed by atoms with Gasteiger partial charge in [0.25, 0.3) is 17.4 Å². The molecule has 2 fully saturated rings. The molecule has 1 aromatic rings. The van der Waals surface area contributed by atoms with Crippen molar-refractivity contribution in [1.82, 2.24) is 20.3 Å².